The lowest BCUT2D eigenvalue weighted by Gasteiger charge is -2.12. The number of nitrogens with one attached hydrogen (secondary N) is 2. The van der Waals surface area contributed by atoms with Crippen LogP contribution >= 0.6 is 24.0 Å². The first kappa shape index (κ1) is 24.6. The fraction of sp³-hybridized carbons (Fsp3) is 0.364. The minimum absolute atomic E-state index is 0. The highest BCUT2D eigenvalue weighted by Gasteiger charge is 2.03. The lowest BCUT2D eigenvalue weighted by atomic mass is 10.2. The van der Waals surface area contributed by atoms with Crippen LogP contribution in [0.2, 0.25) is 0 Å². The molecule has 0 unspecified atom stereocenters. The lowest BCUT2D eigenvalue weighted by Crippen LogP contribution is -2.38. The predicted molar refractivity (Wildman–Crippen MR) is 133 cm³/mol. The number of aliphatic imine (C=N–C) groups is 1. The number of pyridine rings is 1. The molecule has 8 nitrogen and oxygen atoms in total. The summed E-state index contributed by atoms with van der Waals surface area (Å²) in [7, 11) is 0. The maximum absolute atomic E-state index is 5.81. The van der Waals surface area contributed by atoms with Gasteiger partial charge in [0.15, 0.2) is 5.96 Å². The molecule has 0 saturated heterocycles. The van der Waals surface area contributed by atoms with Crippen molar-refractivity contribution < 1.29 is 4.74 Å². The van der Waals surface area contributed by atoms with E-state index in [9.17, 15) is 0 Å². The summed E-state index contributed by atoms with van der Waals surface area (Å²) < 4.78 is 7.86. The van der Waals surface area contributed by atoms with Gasteiger partial charge >= 0.3 is 0 Å². The van der Waals surface area contributed by atoms with Crippen molar-refractivity contribution in [3.05, 3.63) is 71.9 Å². The molecule has 31 heavy (non-hydrogen) atoms. The Hall–Kier alpha value is -2.69. The lowest BCUT2D eigenvalue weighted by molar-refractivity contribution is 0.293. The normalized spacial score (nSPS) is 11.0. The zero-order valence-corrected chi connectivity index (χ0v) is 20.3. The van der Waals surface area contributed by atoms with E-state index >= 15 is 0 Å². The number of ether oxygens (including phenoxy) is 1. The van der Waals surface area contributed by atoms with Gasteiger partial charge < -0.3 is 19.9 Å². The number of benzene rings is 1. The third kappa shape index (κ3) is 8.16. The van der Waals surface area contributed by atoms with Crippen LogP contribution in [-0.4, -0.2) is 38.8 Å². The molecule has 0 saturated carbocycles. The SMILES string of the molecule is CCNC(=NCc1ccnc(OCc2ccccc2)c1)NCCn1cnnc1CC.I. The van der Waals surface area contributed by atoms with Crippen LogP contribution in [0.4, 0.5) is 0 Å². The first-order valence-electron chi connectivity index (χ1n) is 10.3. The monoisotopic (exact) mass is 535 g/mol. The van der Waals surface area contributed by atoms with Gasteiger partial charge in [0.05, 0.1) is 6.54 Å². The summed E-state index contributed by atoms with van der Waals surface area (Å²) in [6.07, 6.45) is 4.38. The Labute approximate surface area is 200 Å². The van der Waals surface area contributed by atoms with E-state index < -0.39 is 0 Å². The molecule has 0 fully saturated rings. The van der Waals surface area contributed by atoms with Crippen molar-refractivity contribution in [2.24, 2.45) is 4.99 Å². The second-order valence-corrected chi connectivity index (χ2v) is 6.69. The molecule has 2 heterocycles. The highest BCUT2D eigenvalue weighted by atomic mass is 127. The van der Waals surface area contributed by atoms with E-state index in [1.165, 1.54) is 0 Å². The molecular weight excluding hydrogens is 505 g/mol. The van der Waals surface area contributed by atoms with Crippen LogP contribution in [0.1, 0.15) is 30.8 Å². The third-order valence-electron chi connectivity index (χ3n) is 4.45. The molecular formula is C22H30IN7O. The molecule has 166 valence electrons. The molecule has 3 aromatic rings. The highest BCUT2D eigenvalue weighted by molar-refractivity contribution is 14.0. The largest absolute Gasteiger partial charge is 0.473 e. The highest BCUT2D eigenvalue weighted by Crippen LogP contribution is 2.12. The topological polar surface area (TPSA) is 89.3 Å². The van der Waals surface area contributed by atoms with Gasteiger partial charge in [-0.3, -0.25) is 0 Å². The van der Waals surface area contributed by atoms with Crippen molar-refractivity contribution in [3.8, 4) is 5.88 Å². The first-order valence-corrected chi connectivity index (χ1v) is 10.3. The molecule has 0 aliphatic carbocycles. The third-order valence-corrected chi connectivity index (χ3v) is 4.45. The molecule has 1 aromatic carbocycles. The Morgan fingerprint density at radius 1 is 1.10 bits per heavy atom. The van der Waals surface area contributed by atoms with Gasteiger partial charge in [0.25, 0.3) is 0 Å². The van der Waals surface area contributed by atoms with Gasteiger partial charge in [0, 0.05) is 38.3 Å². The number of aromatic nitrogens is 4. The molecule has 9 heteroatoms. The number of aryl methyl sites for hydroxylation is 1. The zero-order chi connectivity index (χ0) is 21.0. The summed E-state index contributed by atoms with van der Waals surface area (Å²) in [6.45, 7) is 7.46. The van der Waals surface area contributed by atoms with Crippen LogP contribution in [0.15, 0.2) is 60.0 Å². The minimum Gasteiger partial charge on any atom is -0.473 e. The van der Waals surface area contributed by atoms with Gasteiger partial charge in [-0.15, -0.1) is 34.2 Å². The summed E-state index contributed by atoms with van der Waals surface area (Å²) in [5, 5.41) is 14.7. The summed E-state index contributed by atoms with van der Waals surface area (Å²) in [5.74, 6) is 2.36. The van der Waals surface area contributed by atoms with E-state index in [2.05, 4.69) is 42.3 Å². The van der Waals surface area contributed by atoms with Crippen LogP contribution in [0.3, 0.4) is 0 Å². The smallest absolute Gasteiger partial charge is 0.213 e. The Kier molecular flexibility index (Phi) is 10.8. The van der Waals surface area contributed by atoms with Gasteiger partial charge in [-0.05, 0) is 24.1 Å². The fourth-order valence-corrected chi connectivity index (χ4v) is 2.91. The molecule has 0 bridgehead atoms. The Morgan fingerprint density at radius 2 is 1.94 bits per heavy atom. The number of hydrogen-bond acceptors (Lipinski definition) is 5. The van der Waals surface area contributed by atoms with E-state index in [-0.39, 0.29) is 24.0 Å². The van der Waals surface area contributed by atoms with Crippen molar-refractivity contribution in [1.82, 2.24) is 30.4 Å². The second-order valence-electron chi connectivity index (χ2n) is 6.69. The molecule has 0 aliphatic heterocycles. The zero-order valence-electron chi connectivity index (χ0n) is 18.0. The number of rotatable bonds is 10. The quantitative estimate of drug-likeness (QED) is 0.236. The van der Waals surface area contributed by atoms with Crippen molar-refractivity contribution in [2.45, 2.75) is 40.0 Å². The average molecular weight is 535 g/mol. The van der Waals surface area contributed by atoms with Crippen LogP contribution in [0.25, 0.3) is 0 Å². The van der Waals surface area contributed by atoms with E-state index in [4.69, 9.17) is 4.74 Å². The molecule has 2 aromatic heterocycles. The van der Waals surface area contributed by atoms with Crippen molar-refractivity contribution in [3.63, 3.8) is 0 Å². The van der Waals surface area contributed by atoms with E-state index in [1.54, 1.807) is 12.5 Å². The number of guanidine groups is 1. The van der Waals surface area contributed by atoms with Crippen LogP contribution in [0.5, 0.6) is 5.88 Å². The molecule has 3 rings (SSSR count). The Morgan fingerprint density at radius 3 is 2.71 bits per heavy atom. The van der Waals surface area contributed by atoms with Gasteiger partial charge in [0.2, 0.25) is 5.88 Å². The summed E-state index contributed by atoms with van der Waals surface area (Å²) >= 11 is 0. The molecule has 0 spiro atoms. The van der Waals surface area contributed by atoms with Gasteiger partial charge in [0.1, 0.15) is 18.8 Å². The summed E-state index contributed by atoms with van der Waals surface area (Å²) in [4.78, 5) is 8.97. The molecule has 0 atom stereocenters. The predicted octanol–water partition coefficient (Wildman–Crippen LogP) is 3.19. The van der Waals surface area contributed by atoms with Gasteiger partial charge in [-0.25, -0.2) is 9.98 Å². The molecule has 0 radical (unpaired) electrons. The fourth-order valence-electron chi connectivity index (χ4n) is 2.91. The Bertz CT molecular complexity index is 930. The number of nitrogens with zero attached hydrogens (tertiary/aromatic N) is 5. The standard InChI is InChI=1S/C22H29N7O.HI/c1-3-20-28-27-17-29(20)13-12-25-22(23-4-2)26-15-19-10-11-24-21(14-19)30-16-18-8-6-5-7-9-18;/h5-11,14,17H,3-4,12-13,15-16H2,1-2H3,(H2,23,25,26);1H. The maximum Gasteiger partial charge on any atom is 0.213 e. The van der Waals surface area contributed by atoms with Gasteiger partial charge in [-0.2, -0.15) is 0 Å². The number of hydrogen-bond donors (Lipinski definition) is 2. The maximum atomic E-state index is 5.81. The molecule has 0 aliphatic rings. The van der Waals surface area contributed by atoms with E-state index in [0.29, 0.717) is 19.0 Å². The Balaban J connectivity index is 0.00000341. The minimum atomic E-state index is 0. The summed E-state index contributed by atoms with van der Waals surface area (Å²) in [6, 6.07) is 13.9. The average Bonchev–Trinajstić information content (AvgIpc) is 3.24. The molecule has 0 amide bonds. The molecule has 2 N–H and O–H groups in total. The van der Waals surface area contributed by atoms with Crippen molar-refractivity contribution >= 4 is 29.9 Å². The van der Waals surface area contributed by atoms with Crippen LogP contribution in [0, 0.1) is 0 Å². The second kappa shape index (κ2) is 13.6. The van der Waals surface area contributed by atoms with E-state index in [0.717, 1.165) is 49.0 Å². The van der Waals surface area contributed by atoms with Crippen molar-refractivity contribution in [1.29, 1.82) is 0 Å². The van der Waals surface area contributed by atoms with Gasteiger partial charge in [-0.1, -0.05) is 37.3 Å². The van der Waals surface area contributed by atoms with E-state index in [1.807, 2.05) is 49.4 Å². The first-order chi connectivity index (χ1) is 14.8. The number of halogens is 1. The summed E-state index contributed by atoms with van der Waals surface area (Å²) in [5.41, 5.74) is 2.15. The van der Waals surface area contributed by atoms with Crippen LogP contribution < -0.4 is 15.4 Å². The van der Waals surface area contributed by atoms with Crippen LogP contribution in [-0.2, 0) is 26.1 Å². The van der Waals surface area contributed by atoms with Crippen molar-refractivity contribution in [2.75, 3.05) is 13.1 Å².